The lowest BCUT2D eigenvalue weighted by Gasteiger charge is -2.00. The van der Waals surface area contributed by atoms with Gasteiger partial charge in [-0.3, -0.25) is 9.50 Å². The molecule has 0 unspecified atom stereocenters. The van der Waals surface area contributed by atoms with Crippen molar-refractivity contribution in [1.29, 1.82) is 0 Å². The van der Waals surface area contributed by atoms with Gasteiger partial charge in [0, 0.05) is 0 Å². The normalized spacial score (nSPS) is 10.4. The monoisotopic (exact) mass is 218 g/mol. The molecule has 0 bridgehead atoms. The van der Waals surface area contributed by atoms with Crippen molar-refractivity contribution >= 4 is 15.6 Å². The predicted octanol–water partition coefficient (Wildman–Crippen LogP) is 1.20. The minimum atomic E-state index is -3.41. The number of benzene rings is 1. The van der Waals surface area contributed by atoms with Crippen molar-refractivity contribution in [2.45, 2.75) is 11.8 Å². The van der Waals surface area contributed by atoms with Crippen LogP contribution in [-0.4, -0.2) is 20.0 Å². The zero-order valence-electron chi connectivity index (χ0n) is 7.64. The molecule has 0 spiro atoms. The molecule has 0 saturated heterocycles. The van der Waals surface area contributed by atoms with E-state index in [1.54, 1.807) is 18.2 Å². The van der Waals surface area contributed by atoms with Crippen LogP contribution in [0.1, 0.15) is 6.92 Å². The molecule has 78 valence electrons. The number of carbonyl (C=O) groups is 1. The van der Waals surface area contributed by atoms with Gasteiger partial charge >= 0.3 is 0 Å². The third-order valence-corrected chi connectivity index (χ3v) is 3.27. The summed E-state index contributed by atoms with van der Waals surface area (Å²) < 4.78 is 22.8. The van der Waals surface area contributed by atoms with Gasteiger partial charge in [-0.1, -0.05) is 18.2 Å². The van der Waals surface area contributed by atoms with E-state index in [4.69, 9.17) is 0 Å². The SMILES string of the molecule is CC(=O)CS(=O)(=O)c1ccccc1.F. The third-order valence-electron chi connectivity index (χ3n) is 1.50. The van der Waals surface area contributed by atoms with Gasteiger partial charge in [-0.05, 0) is 19.1 Å². The molecule has 1 rings (SSSR count). The molecule has 0 N–H and O–H groups in total. The molecule has 1 aromatic rings. The van der Waals surface area contributed by atoms with Crippen LogP contribution in [0.3, 0.4) is 0 Å². The first-order valence-corrected chi connectivity index (χ1v) is 5.45. The molecule has 0 aliphatic heterocycles. The Morgan fingerprint density at radius 2 is 1.71 bits per heavy atom. The molecule has 0 saturated carbocycles. The molecule has 0 atom stereocenters. The van der Waals surface area contributed by atoms with Gasteiger partial charge in [0.2, 0.25) is 0 Å². The van der Waals surface area contributed by atoms with E-state index in [1.807, 2.05) is 0 Å². The largest absolute Gasteiger partial charge is 0.299 e. The maximum absolute atomic E-state index is 11.4. The third kappa shape index (κ3) is 3.26. The van der Waals surface area contributed by atoms with Gasteiger partial charge in [0.15, 0.2) is 9.84 Å². The number of carbonyl (C=O) groups excluding carboxylic acids is 1. The van der Waals surface area contributed by atoms with E-state index < -0.39 is 15.6 Å². The van der Waals surface area contributed by atoms with Gasteiger partial charge in [-0.25, -0.2) is 8.42 Å². The minimum Gasteiger partial charge on any atom is -0.299 e. The van der Waals surface area contributed by atoms with Crippen LogP contribution in [0.15, 0.2) is 35.2 Å². The summed E-state index contributed by atoms with van der Waals surface area (Å²) in [5.74, 6) is -0.763. The molecule has 14 heavy (non-hydrogen) atoms. The average molecular weight is 218 g/mol. The summed E-state index contributed by atoms with van der Waals surface area (Å²) in [4.78, 5) is 10.9. The number of rotatable bonds is 3. The Labute approximate surface area is 82.0 Å². The zero-order valence-corrected chi connectivity index (χ0v) is 8.45. The Balaban J connectivity index is 0.00000169. The fourth-order valence-electron chi connectivity index (χ4n) is 0.979. The Hall–Kier alpha value is -1.23. The topological polar surface area (TPSA) is 51.2 Å². The highest BCUT2D eigenvalue weighted by Crippen LogP contribution is 2.09. The fourth-order valence-corrected chi connectivity index (χ4v) is 2.25. The Kier molecular flexibility index (Phi) is 4.43. The number of ketones is 1. The summed E-state index contributed by atoms with van der Waals surface area (Å²) in [5.41, 5.74) is 0. The van der Waals surface area contributed by atoms with Gasteiger partial charge in [0.05, 0.1) is 4.90 Å². The van der Waals surface area contributed by atoms with Gasteiger partial charge in [0.1, 0.15) is 11.5 Å². The van der Waals surface area contributed by atoms with Crippen LogP contribution in [0.4, 0.5) is 4.70 Å². The van der Waals surface area contributed by atoms with Gasteiger partial charge in [-0.2, -0.15) is 0 Å². The van der Waals surface area contributed by atoms with E-state index in [-0.39, 0.29) is 15.4 Å². The molecular formula is C9H11FO3S. The molecular weight excluding hydrogens is 207 g/mol. The summed E-state index contributed by atoms with van der Waals surface area (Å²) in [6.07, 6.45) is 0. The fraction of sp³-hybridized carbons (Fsp3) is 0.222. The van der Waals surface area contributed by atoms with Crippen molar-refractivity contribution in [3.05, 3.63) is 30.3 Å². The highest BCUT2D eigenvalue weighted by Gasteiger charge is 2.15. The summed E-state index contributed by atoms with van der Waals surface area (Å²) >= 11 is 0. The molecule has 0 amide bonds. The average Bonchev–Trinajstić information content (AvgIpc) is 2.04. The van der Waals surface area contributed by atoms with E-state index >= 15 is 0 Å². The molecule has 5 heteroatoms. The summed E-state index contributed by atoms with van der Waals surface area (Å²) in [7, 11) is -3.41. The van der Waals surface area contributed by atoms with Crippen molar-refractivity contribution < 1.29 is 17.9 Å². The van der Waals surface area contributed by atoms with Crippen molar-refractivity contribution in [3.63, 3.8) is 0 Å². The first-order valence-electron chi connectivity index (χ1n) is 3.79. The lowest BCUT2D eigenvalue weighted by atomic mass is 10.4. The lowest BCUT2D eigenvalue weighted by Crippen LogP contribution is -2.13. The molecule has 0 fully saturated rings. The molecule has 0 aromatic heterocycles. The van der Waals surface area contributed by atoms with Crippen LogP contribution in [0.25, 0.3) is 0 Å². The van der Waals surface area contributed by atoms with E-state index in [0.29, 0.717) is 0 Å². The second-order valence-corrected chi connectivity index (χ2v) is 4.76. The first kappa shape index (κ1) is 12.8. The van der Waals surface area contributed by atoms with Crippen LogP contribution in [0.5, 0.6) is 0 Å². The Morgan fingerprint density at radius 1 is 1.21 bits per heavy atom. The number of Topliss-reactive ketones (excluding diaryl/α,β-unsaturated/α-hetero) is 1. The quantitative estimate of drug-likeness (QED) is 0.766. The van der Waals surface area contributed by atoms with Gasteiger partial charge < -0.3 is 0 Å². The highest BCUT2D eigenvalue weighted by atomic mass is 32.2. The Bertz CT molecular complexity index is 397. The van der Waals surface area contributed by atoms with E-state index in [1.165, 1.54) is 19.1 Å². The van der Waals surface area contributed by atoms with Crippen LogP contribution >= 0.6 is 0 Å². The van der Waals surface area contributed by atoms with Crippen LogP contribution < -0.4 is 0 Å². The number of halogens is 1. The minimum absolute atomic E-state index is 0. The molecule has 0 aliphatic rings. The second-order valence-electron chi connectivity index (χ2n) is 2.77. The summed E-state index contributed by atoms with van der Waals surface area (Å²) in [5, 5.41) is 0. The molecule has 3 nitrogen and oxygen atoms in total. The van der Waals surface area contributed by atoms with Crippen molar-refractivity contribution in [2.24, 2.45) is 0 Å². The standard InChI is InChI=1S/C9H10O3S.FH/c1-8(10)7-13(11,12)9-5-3-2-4-6-9;/h2-6H,7H2,1H3;1H. The second kappa shape index (κ2) is 4.85. The van der Waals surface area contributed by atoms with Gasteiger partial charge in [-0.15, -0.1) is 0 Å². The number of sulfone groups is 1. The number of hydrogen-bond acceptors (Lipinski definition) is 3. The highest BCUT2D eigenvalue weighted by molar-refractivity contribution is 7.92. The van der Waals surface area contributed by atoms with Crippen molar-refractivity contribution in [1.82, 2.24) is 0 Å². The summed E-state index contributed by atoms with van der Waals surface area (Å²) in [6, 6.07) is 7.96. The molecule has 1 aromatic carbocycles. The zero-order chi connectivity index (χ0) is 9.90. The predicted molar refractivity (Wildman–Crippen MR) is 51.7 cm³/mol. The van der Waals surface area contributed by atoms with Crippen LogP contribution in [-0.2, 0) is 14.6 Å². The molecule has 0 radical (unpaired) electrons. The molecule has 0 aliphatic carbocycles. The number of hydrogen-bond donors (Lipinski definition) is 0. The van der Waals surface area contributed by atoms with E-state index in [0.717, 1.165) is 0 Å². The maximum Gasteiger partial charge on any atom is 0.185 e. The van der Waals surface area contributed by atoms with E-state index in [9.17, 15) is 13.2 Å². The molecule has 0 heterocycles. The van der Waals surface area contributed by atoms with Gasteiger partial charge in [0.25, 0.3) is 0 Å². The smallest absolute Gasteiger partial charge is 0.185 e. The van der Waals surface area contributed by atoms with Crippen molar-refractivity contribution in [3.8, 4) is 0 Å². The maximum atomic E-state index is 11.4. The van der Waals surface area contributed by atoms with Crippen molar-refractivity contribution in [2.75, 3.05) is 5.75 Å². The summed E-state index contributed by atoms with van der Waals surface area (Å²) in [6.45, 7) is 1.26. The first-order chi connectivity index (χ1) is 6.02. The van der Waals surface area contributed by atoms with E-state index in [2.05, 4.69) is 0 Å². The van der Waals surface area contributed by atoms with Crippen LogP contribution in [0.2, 0.25) is 0 Å². The van der Waals surface area contributed by atoms with Crippen LogP contribution in [0, 0.1) is 0 Å². The Morgan fingerprint density at radius 3 is 2.14 bits per heavy atom. The lowest BCUT2D eigenvalue weighted by molar-refractivity contribution is -0.114.